The van der Waals surface area contributed by atoms with Crippen molar-refractivity contribution in [3.63, 3.8) is 0 Å². The number of hydrogen-bond donors (Lipinski definition) is 1. The zero-order valence-corrected chi connectivity index (χ0v) is 13.7. The summed E-state index contributed by atoms with van der Waals surface area (Å²) in [5, 5.41) is 3.90. The maximum atomic E-state index is 3.90. The zero-order chi connectivity index (χ0) is 13.9. The molecule has 0 aliphatic heterocycles. The first-order valence-electron chi connectivity index (χ1n) is 8.94. The van der Waals surface area contributed by atoms with Gasteiger partial charge in [-0.05, 0) is 32.1 Å². The van der Waals surface area contributed by atoms with E-state index in [4.69, 9.17) is 0 Å². The van der Waals surface area contributed by atoms with Crippen LogP contribution in [0, 0.1) is 5.92 Å². The number of rotatable bonds is 4. The summed E-state index contributed by atoms with van der Waals surface area (Å²) in [5.41, 5.74) is 0. The van der Waals surface area contributed by atoms with Gasteiger partial charge in [0, 0.05) is 12.1 Å². The summed E-state index contributed by atoms with van der Waals surface area (Å²) in [7, 11) is 0. The van der Waals surface area contributed by atoms with E-state index in [9.17, 15) is 0 Å². The minimum absolute atomic E-state index is 0.693. The lowest BCUT2D eigenvalue weighted by Crippen LogP contribution is -2.37. The Morgan fingerprint density at radius 3 is 1.58 bits per heavy atom. The van der Waals surface area contributed by atoms with E-state index in [1.165, 1.54) is 77.0 Å². The highest BCUT2D eigenvalue weighted by Crippen LogP contribution is 2.18. The monoisotopic (exact) mass is 267 g/mol. The third-order valence-electron chi connectivity index (χ3n) is 4.45. The van der Waals surface area contributed by atoms with Gasteiger partial charge in [0.1, 0.15) is 0 Å². The fourth-order valence-electron chi connectivity index (χ4n) is 3.51. The van der Waals surface area contributed by atoms with E-state index in [-0.39, 0.29) is 0 Å². The first-order valence-corrected chi connectivity index (χ1v) is 8.94. The van der Waals surface area contributed by atoms with Crippen molar-refractivity contribution in [3.05, 3.63) is 0 Å². The second-order valence-electron chi connectivity index (χ2n) is 7.15. The van der Waals surface area contributed by atoms with Crippen LogP contribution in [0.2, 0.25) is 0 Å². The fraction of sp³-hybridized carbons (Fsp3) is 1.00. The molecule has 1 rings (SSSR count). The van der Waals surface area contributed by atoms with Gasteiger partial charge in [0.2, 0.25) is 0 Å². The fourth-order valence-corrected chi connectivity index (χ4v) is 3.51. The molecule has 1 aliphatic carbocycles. The largest absolute Gasteiger partial charge is 0.311 e. The van der Waals surface area contributed by atoms with E-state index < -0.39 is 0 Å². The quantitative estimate of drug-likeness (QED) is 0.690. The summed E-state index contributed by atoms with van der Waals surface area (Å²) in [6.07, 6.45) is 17.3. The van der Waals surface area contributed by atoms with Crippen molar-refractivity contribution in [2.24, 2.45) is 5.92 Å². The van der Waals surface area contributed by atoms with E-state index in [0.29, 0.717) is 6.04 Å². The molecule has 1 atom stereocenters. The highest BCUT2D eigenvalue weighted by Gasteiger charge is 2.13. The third kappa shape index (κ3) is 9.49. The van der Waals surface area contributed by atoms with Gasteiger partial charge in [-0.15, -0.1) is 0 Å². The molecule has 0 aromatic carbocycles. The third-order valence-corrected chi connectivity index (χ3v) is 4.45. The molecule has 0 spiro atoms. The van der Waals surface area contributed by atoms with Crippen molar-refractivity contribution in [1.82, 2.24) is 5.32 Å². The molecule has 0 bridgehead atoms. The predicted molar refractivity (Wildman–Crippen MR) is 86.6 cm³/mol. The van der Waals surface area contributed by atoms with Crippen LogP contribution in [0.15, 0.2) is 0 Å². The average molecular weight is 268 g/mol. The molecule has 0 heterocycles. The van der Waals surface area contributed by atoms with Crippen molar-refractivity contribution in [1.29, 1.82) is 0 Å². The second kappa shape index (κ2) is 10.7. The van der Waals surface area contributed by atoms with Gasteiger partial charge in [-0.1, -0.05) is 71.6 Å². The van der Waals surface area contributed by atoms with E-state index in [2.05, 4.69) is 26.1 Å². The molecule has 1 N–H and O–H groups in total. The van der Waals surface area contributed by atoms with Gasteiger partial charge in [-0.3, -0.25) is 0 Å². The van der Waals surface area contributed by atoms with Gasteiger partial charge in [-0.25, -0.2) is 0 Å². The van der Waals surface area contributed by atoms with Crippen LogP contribution in [-0.2, 0) is 0 Å². The molecule has 0 amide bonds. The normalized spacial score (nSPS) is 22.7. The molecule has 1 fully saturated rings. The molecular weight excluding hydrogens is 230 g/mol. The minimum Gasteiger partial charge on any atom is -0.311 e. The molecule has 19 heavy (non-hydrogen) atoms. The molecular formula is C18H37N. The first-order chi connectivity index (χ1) is 9.18. The Kier molecular flexibility index (Phi) is 9.59. The summed E-state index contributed by atoms with van der Waals surface area (Å²) in [4.78, 5) is 0. The predicted octanol–water partition coefficient (Wildman–Crippen LogP) is 5.68. The molecule has 0 saturated heterocycles. The topological polar surface area (TPSA) is 12.0 Å². The van der Waals surface area contributed by atoms with Crippen LogP contribution in [-0.4, -0.2) is 12.1 Å². The van der Waals surface area contributed by atoms with Crippen molar-refractivity contribution in [2.45, 2.75) is 110 Å². The Morgan fingerprint density at radius 1 is 0.737 bits per heavy atom. The summed E-state index contributed by atoms with van der Waals surface area (Å²) in [6, 6.07) is 1.48. The highest BCUT2D eigenvalue weighted by atomic mass is 14.9. The molecule has 1 aliphatic rings. The Hall–Kier alpha value is -0.0400. The zero-order valence-electron chi connectivity index (χ0n) is 13.7. The first kappa shape index (κ1) is 17.0. The van der Waals surface area contributed by atoms with Crippen LogP contribution in [0.5, 0.6) is 0 Å². The van der Waals surface area contributed by atoms with E-state index in [0.717, 1.165) is 12.0 Å². The van der Waals surface area contributed by atoms with E-state index >= 15 is 0 Å². The van der Waals surface area contributed by atoms with Crippen LogP contribution in [0.1, 0.15) is 97.8 Å². The van der Waals surface area contributed by atoms with Crippen molar-refractivity contribution in [2.75, 3.05) is 0 Å². The van der Waals surface area contributed by atoms with Crippen LogP contribution in [0.3, 0.4) is 0 Å². The lowest BCUT2D eigenvalue weighted by Gasteiger charge is -2.25. The standard InChI is InChI=1S/C18H37N/c1-16(2)15-17(3)19-18-13-11-9-7-5-4-6-8-10-12-14-18/h16-19H,4-15H2,1-3H3. The Bertz CT molecular complexity index is 188. The van der Waals surface area contributed by atoms with Crippen molar-refractivity contribution in [3.8, 4) is 0 Å². The smallest absolute Gasteiger partial charge is 0.00695 e. The Balaban J connectivity index is 2.29. The van der Waals surface area contributed by atoms with Crippen LogP contribution >= 0.6 is 0 Å². The Labute approximate surface area is 121 Å². The summed E-state index contributed by atoms with van der Waals surface area (Å²) in [6.45, 7) is 7.04. The number of hydrogen-bond acceptors (Lipinski definition) is 1. The molecule has 114 valence electrons. The van der Waals surface area contributed by atoms with Gasteiger partial charge in [0.25, 0.3) is 0 Å². The maximum Gasteiger partial charge on any atom is 0.00695 e. The van der Waals surface area contributed by atoms with Gasteiger partial charge >= 0.3 is 0 Å². The molecule has 0 aromatic rings. The molecule has 0 radical (unpaired) electrons. The van der Waals surface area contributed by atoms with Gasteiger partial charge in [-0.2, -0.15) is 0 Å². The molecule has 0 aromatic heterocycles. The van der Waals surface area contributed by atoms with Crippen LogP contribution < -0.4 is 5.32 Å². The summed E-state index contributed by atoms with van der Waals surface area (Å²) in [5.74, 6) is 0.814. The van der Waals surface area contributed by atoms with Gasteiger partial charge < -0.3 is 5.32 Å². The van der Waals surface area contributed by atoms with Gasteiger partial charge in [0.15, 0.2) is 0 Å². The Morgan fingerprint density at radius 2 is 1.16 bits per heavy atom. The SMILES string of the molecule is CC(C)CC(C)NC1CCCCCCCCCCC1. The van der Waals surface area contributed by atoms with Crippen LogP contribution in [0.4, 0.5) is 0 Å². The lowest BCUT2D eigenvalue weighted by atomic mass is 9.96. The molecule has 1 unspecified atom stereocenters. The minimum atomic E-state index is 0.693. The summed E-state index contributed by atoms with van der Waals surface area (Å²) >= 11 is 0. The van der Waals surface area contributed by atoms with Gasteiger partial charge in [0.05, 0.1) is 0 Å². The molecule has 1 heteroatoms. The lowest BCUT2D eigenvalue weighted by molar-refractivity contribution is 0.343. The highest BCUT2D eigenvalue weighted by molar-refractivity contribution is 4.73. The average Bonchev–Trinajstić information content (AvgIpc) is 2.31. The number of nitrogens with one attached hydrogen (secondary N) is 1. The molecule has 1 nitrogen and oxygen atoms in total. The van der Waals surface area contributed by atoms with E-state index in [1.807, 2.05) is 0 Å². The summed E-state index contributed by atoms with van der Waals surface area (Å²) < 4.78 is 0. The molecule has 1 saturated carbocycles. The maximum absolute atomic E-state index is 3.90. The second-order valence-corrected chi connectivity index (χ2v) is 7.15. The van der Waals surface area contributed by atoms with Crippen LogP contribution in [0.25, 0.3) is 0 Å². The van der Waals surface area contributed by atoms with Crippen molar-refractivity contribution >= 4 is 0 Å². The van der Waals surface area contributed by atoms with Crippen molar-refractivity contribution < 1.29 is 0 Å². The van der Waals surface area contributed by atoms with E-state index in [1.54, 1.807) is 0 Å².